The summed E-state index contributed by atoms with van der Waals surface area (Å²) in [5.41, 5.74) is 3.30. The van der Waals surface area contributed by atoms with E-state index in [1.807, 2.05) is 31.7 Å². The van der Waals surface area contributed by atoms with Crippen LogP contribution in [0.4, 0.5) is 4.79 Å². The minimum Gasteiger partial charge on any atom is -0.493 e. The second-order valence-corrected chi connectivity index (χ2v) is 12.1. The van der Waals surface area contributed by atoms with Gasteiger partial charge >= 0.3 is 6.09 Å². The lowest BCUT2D eigenvalue weighted by Crippen LogP contribution is -2.38. The van der Waals surface area contributed by atoms with E-state index in [2.05, 4.69) is 30.3 Å². The number of hydrogen-bond donors (Lipinski definition) is 0. The number of ether oxygens (including phenoxy) is 2. The Morgan fingerprint density at radius 1 is 1.03 bits per heavy atom. The summed E-state index contributed by atoms with van der Waals surface area (Å²) in [5, 5.41) is 0.784. The summed E-state index contributed by atoms with van der Waals surface area (Å²) in [5.74, 6) is 2.51. The molecule has 2 aromatic carbocycles. The number of hydrogen-bond acceptors (Lipinski definition) is 4. The highest BCUT2D eigenvalue weighted by atomic mass is 35.5. The molecule has 0 N–H and O–H groups in total. The van der Waals surface area contributed by atoms with Gasteiger partial charge in [0.2, 0.25) is 0 Å². The van der Waals surface area contributed by atoms with Crippen LogP contribution in [0.15, 0.2) is 41.3 Å². The van der Waals surface area contributed by atoms with Gasteiger partial charge in [0.1, 0.15) is 11.4 Å². The Balaban J connectivity index is 1.35. The van der Waals surface area contributed by atoms with Crippen molar-refractivity contribution in [1.29, 1.82) is 0 Å². The molecule has 35 heavy (non-hydrogen) atoms. The van der Waals surface area contributed by atoms with Gasteiger partial charge in [-0.05, 0) is 87.3 Å². The zero-order valence-electron chi connectivity index (χ0n) is 21.3. The van der Waals surface area contributed by atoms with E-state index >= 15 is 0 Å². The highest BCUT2D eigenvalue weighted by molar-refractivity contribution is 7.98. The van der Waals surface area contributed by atoms with E-state index in [0.29, 0.717) is 19.0 Å². The van der Waals surface area contributed by atoms with E-state index in [-0.39, 0.29) is 6.09 Å². The molecule has 0 bridgehead atoms. The molecule has 4 rings (SSSR count). The number of halogens is 1. The average molecular weight is 516 g/mol. The minimum atomic E-state index is -0.489. The van der Waals surface area contributed by atoms with Crippen molar-refractivity contribution in [1.82, 2.24) is 4.90 Å². The van der Waals surface area contributed by atoms with Gasteiger partial charge in [0.25, 0.3) is 0 Å². The zero-order chi connectivity index (χ0) is 24.8. The number of benzene rings is 2. The Labute approximate surface area is 219 Å². The fourth-order valence-electron chi connectivity index (χ4n) is 4.83. The Morgan fingerprint density at radius 3 is 2.46 bits per heavy atom. The normalized spacial score (nSPS) is 17.0. The van der Waals surface area contributed by atoms with Gasteiger partial charge in [0, 0.05) is 23.7 Å². The van der Waals surface area contributed by atoms with Crippen LogP contribution < -0.4 is 4.74 Å². The molecule has 0 saturated heterocycles. The Bertz CT molecular complexity index is 996. The van der Waals surface area contributed by atoms with Gasteiger partial charge < -0.3 is 14.4 Å². The number of fused-ring (bicyclic) bond motifs is 1. The molecule has 190 valence electrons. The van der Waals surface area contributed by atoms with Gasteiger partial charge in [-0.25, -0.2) is 4.79 Å². The molecule has 1 heterocycles. The van der Waals surface area contributed by atoms with Gasteiger partial charge in [0.15, 0.2) is 0 Å². The van der Waals surface area contributed by atoms with Crippen LogP contribution in [0.1, 0.15) is 69.6 Å². The third kappa shape index (κ3) is 7.57. The molecule has 1 aliphatic carbocycles. The summed E-state index contributed by atoms with van der Waals surface area (Å²) in [7, 11) is 0. The summed E-state index contributed by atoms with van der Waals surface area (Å²) in [6, 6.07) is 12.6. The molecule has 1 amide bonds. The van der Waals surface area contributed by atoms with E-state index in [9.17, 15) is 4.79 Å². The van der Waals surface area contributed by atoms with Gasteiger partial charge in [-0.1, -0.05) is 49.1 Å². The van der Waals surface area contributed by atoms with Crippen LogP contribution in [-0.4, -0.2) is 36.3 Å². The van der Waals surface area contributed by atoms with Crippen molar-refractivity contribution >= 4 is 29.5 Å². The number of thioether (sulfide) groups is 1. The molecule has 1 fully saturated rings. The highest BCUT2D eigenvalue weighted by Crippen LogP contribution is 2.37. The van der Waals surface area contributed by atoms with Crippen molar-refractivity contribution in [3.63, 3.8) is 0 Å². The number of carbonyl (C=O) groups is 1. The minimum absolute atomic E-state index is 0.239. The van der Waals surface area contributed by atoms with Crippen molar-refractivity contribution in [3.8, 4) is 5.75 Å². The second kappa shape index (κ2) is 11.9. The molecule has 1 aliphatic heterocycles. The lowest BCUT2D eigenvalue weighted by Gasteiger charge is -2.26. The lowest BCUT2D eigenvalue weighted by atomic mass is 9.90. The van der Waals surface area contributed by atoms with Gasteiger partial charge in [0.05, 0.1) is 11.6 Å². The Morgan fingerprint density at radius 2 is 1.74 bits per heavy atom. The molecule has 1 saturated carbocycles. The third-order valence-electron chi connectivity index (χ3n) is 6.76. The third-order valence-corrected chi connectivity index (χ3v) is 8.42. The maximum absolute atomic E-state index is 12.6. The van der Waals surface area contributed by atoms with Crippen molar-refractivity contribution in [2.45, 2.75) is 82.0 Å². The fraction of sp³-hybridized carbons (Fsp3) is 0.552. The smallest absolute Gasteiger partial charge is 0.410 e. The van der Waals surface area contributed by atoms with Crippen LogP contribution in [0.3, 0.4) is 0 Å². The number of amides is 1. The van der Waals surface area contributed by atoms with Gasteiger partial charge in [-0.2, -0.15) is 0 Å². The second-order valence-electron chi connectivity index (χ2n) is 10.7. The molecule has 0 spiro atoms. The van der Waals surface area contributed by atoms with E-state index < -0.39 is 5.60 Å². The van der Waals surface area contributed by atoms with E-state index in [1.165, 1.54) is 48.8 Å². The van der Waals surface area contributed by atoms with Gasteiger partial charge in [-0.15, -0.1) is 11.8 Å². The average Bonchev–Trinajstić information content (AvgIpc) is 3.05. The molecule has 0 unspecified atom stereocenters. The van der Waals surface area contributed by atoms with Crippen LogP contribution in [0, 0.1) is 5.92 Å². The summed E-state index contributed by atoms with van der Waals surface area (Å²) in [6.07, 6.45) is 8.01. The maximum atomic E-state index is 12.6. The molecule has 4 nitrogen and oxygen atoms in total. The molecule has 0 radical (unpaired) electrons. The first-order valence-corrected chi connectivity index (χ1v) is 14.3. The Kier molecular flexibility index (Phi) is 8.93. The maximum Gasteiger partial charge on any atom is 0.410 e. The first kappa shape index (κ1) is 26.2. The van der Waals surface area contributed by atoms with Crippen LogP contribution >= 0.6 is 23.4 Å². The predicted molar refractivity (Wildman–Crippen MR) is 145 cm³/mol. The first-order valence-electron chi connectivity index (χ1n) is 12.9. The molecular formula is C29H38ClNO3S. The summed E-state index contributed by atoms with van der Waals surface area (Å²) in [6.45, 7) is 7.85. The lowest BCUT2D eigenvalue weighted by molar-refractivity contribution is 0.0258. The molecule has 0 aromatic heterocycles. The fourth-order valence-corrected chi connectivity index (χ4v) is 6.29. The number of carbonyl (C=O) groups excluding carboxylic acids is 1. The molecular weight excluding hydrogens is 478 g/mol. The molecule has 2 aliphatic rings. The molecule has 6 heteroatoms. The van der Waals surface area contributed by atoms with Crippen molar-refractivity contribution < 1.29 is 14.3 Å². The van der Waals surface area contributed by atoms with E-state index in [4.69, 9.17) is 21.1 Å². The SMILES string of the molecule is CC(C)(C)OC(=O)N1CCc2ccc(Cl)c(SCc3ccc(OCC4CCCCC4)cc3)c2CC1. The largest absolute Gasteiger partial charge is 0.493 e. The monoisotopic (exact) mass is 515 g/mol. The van der Waals surface area contributed by atoms with Crippen molar-refractivity contribution in [2.75, 3.05) is 19.7 Å². The highest BCUT2D eigenvalue weighted by Gasteiger charge is 2.25. The van der Waals surface area contributed by atoms with Crippen LogP contribution in [0.25, 0.3) is 0 Å². The summed E-state index contributed by atoms with van der Waals surface area (Å²) in [4.78, 5) is 15.6. The standard InChI is InChI=1S/C29H38ClNO3S/c1-29(2,3)34-28(32)31-17-15-23-11-14-26(30)27(25(23)16-18-31)35-20-22-9-12-24(13-10-22)33-19-21-7-5-4-6-8-21/h9-14,21H,4-8,15-20H2,1-3H3. The first-order chi connectivity index (χ1) is 16.8. The van der Waals surface area contributed by atoms with Crippen LogP contribution in [-0.2, 0) is 23.3 Å². The van der Waals surface area contributed by atoms with Crippen molar-refractivity contribution in [3.05, 3.63) is 58.1 Å². The topological polar surface area (TPSA) is 38.8 Å². The number of nitrogens with zero attached hydrogens (tertiary/aromatic N) is 1. The Hall–Kier alpha value is -1.85. The summed E-state index contributed by atoms with van der Waals surface area (Å²) < 4.78 is 11.7. The van der Waals surface area contributed by atoms with Gasteiger partial charge in [-0.3, -0.25) is 0 Å². The van der Waals surface area contributed by atoms with Crippen LogP contribution in [0.5, 0.6) is 5.75 Å². The molecule has 0 atom stereocenters. The summed E-state index contributed by atoms with van der Waals surface area (Å²) >= 11 is 8.44. The predicted octanol–water partition coefficient (Wildman–Crippen LogP) is 7.93. The quantitative estimate of drug-likeness (QED) is 0.366. The van der Waals surface area contributed by atoms with E-state index in [0.717, 1.165) is 40.9 Å². The van der Waals surface area contributed by atoms with E-state index in [1.54, 1.807) is 11.8 Å². The van der Waals surface area contributed by atoms with Crippen molar-refractivity contribution in [2.24, 2.45) is 5.92 Å². The number of rotatable bonds is 6. The van der Waals surface area contributed by atoms with Crippen LogP contribution in [0.2, 0.25) is 5.02 Å². The zero-order valence-corrected chi connectivity index (χ0v) is 22.9. The molecule has 2 aromatic rings.